The van der Waals surface area contributed by atoms with Gasteiger partial charge in [0.1, 0.15) is 0 Å². The van der Waals surface area contributed by atoms with E-state index < -0.39 is 0 Å². The van der Waals surface area contributed by atoms with Crippen molar-refractivity contribution in [2.45, 2.75) is 84.2 Å². The molecule has 0 aromatic carbocycles. The highest BCUT2D eigenvalue weighted by atomic mass is 16.3. The fourth-order valence-electron chi connectivity index (χ4n) is 7.25. The number of hydrogen-bond donors (Lipinski definition) is 1. The minimum atomic E-state index is 0.0141. The quantitative estimate of drug-likeness (QED) is 0.769. The van der Waals surface area contributed by atoms with Gasteiger partial charge in [-0.05, 0) is 85.9 Å². The summed E-state index contributed by atoms with van der Waals surface area (Å²) < 4.78 is 0. The lowest BCUT2D eigenvalue weighted by atomic mass is 9.42. The van der Waals surface area contributed by atoms with E-state index in [0.717, 1.165) is 17.8 Å². The van der Waals surface area contributed by atoms with Crippen LogP contribution in [-0.4, -0.2) is 11.2 Å². The lowest BCUT2D eigenvalue weighted by Crippen LogP contribution is -2.57. The van der Waals surface area contributed by atoms with Gasteiger partial charge in [0, 0.05) is 0 Å². The molecule has 5 aliphatic rings. The second-order valence-corrected chi connectivity index (χ2v) is 9.60. The molecular formula is C19H32O. The third-order valence-corrected chi connectivity index (χ3v) is 7.53. The number of aliphatic hydroxyl groups is 1. The molecule has 5 fully saturated rings. The van der Waals surface area contributed by atoms with E-state index in [4.69, 9.17) is 0 Å². The van der Waals surface area contributed by atoms with Gasteiger partial charge in [0.05, 0.1) is 6.10 Å². The Balaban J connectivity index is 1.55. The van der Waals surface area contributed by atoms with Crippen molar-refractivity contribution in [3.05, 3.63) is 0 Å². The van der Waals surface area contributed by atoms with E-state index in [0.29, 0.717) is 16.7 Å². The minimum Gasteiger partial charge on any atom is -0.392 e. The normalized spacial score (nSPS) is 56.0. The first-order chi connectivity index (χ1) is 9.48. The Kier molecular flexibility index (Phi) is 3.05. The highest BCUT2D eigenvalue weighted by Crippen LogP contribution is 2.67. The van der Waals surface area contributed by atoms with E-state index in [-0.39, 0.29) is 6.10 Å². The first-order valence-electron chi connectivity index (χ1n) is 9.16. The van der Waals surface area contributed by atoms with Gasteiger partial charge in [0.2, 0.25) is 0 Å². The zero-order valence-corrected chi connectivity index (χ0v) is 13.4. The second-order valence-electron chi connectivity index (χ2n) is 9.60. The van der Waals surface area contributed by atoms with Gasteiger partial charge in [-0.15, -0.1) is 0 Å². The van der Waals surface area contributed by atoms with Crippen LogP contribution in [0.4, 0.5) is 0 Å². The minimum absolute atomic E-state index is 0.0141. The Morgan fingerprint density at radius 2 is 1.55 bits per heavy atom. The predicted molar refractivity (Wildman–Crippen MR) is 82.4 cm³/mol. The smallest absolute Gasteiger partial charge is 0.0624 e. The van der Waals surface area contributed by atoms with Gasteiger partial charge in [0.25, 0.3) is 0 Å². The molecule has 4 bridgehead atoms. The third-order valence-electron chi connectivity index (χ3n) is 7.53. The Morgan fingerprint density at radius 3 is 2.10 bits per heavy atom. The molecule has 3 atom stereocenters. The van der Waals surface area contributed by atoms with Gasteiger partial charge in [0.15, 0.2) is 0 Å². The summed E-state index contributed by atoms with van der Waals surface area (Å²) in [6.45, 7) is 4.91. The van der Waals surface area contributed by atoms with Gasteiger partial charge >= 0.3 is 0 Å². The van der Waals surface area contributed by atoms with Crippen LogP contribution in [0.2, 0.25) is 0 Å². The molecule has 0 radical (unpaired) electrons. The van der Waals surface area contributed by atoms with Crippen LogP contribution in [0.25, 0.3) is 0 Å². The summed E-state index contributed by atoms with van der Waals surface area (Å²) in [7, 11) is 0. The van der Waals surface area contributed by atoms with Gasteiger partial charge in [-0.1, -0.05) is 26.7 Å². The molecule has 0 aromatic heterocycles. The first kappa shape index (κ1) is 13.6. The predicted octanol–water partition coefficient (Wildman–Crippen LogP) is 4.78. The molecule has 5 rings (SSSR count). The van der Waals surface area contributed by atoms with Crippen molar-refractivity contribution < 1.29 is 5.11 Å². The molecule has 114 valence electrons. The Bertz CT molecular complexity index is 365. The molecule has 0 amide bonds. The fraction of sp³-hybridized carbons (Fsp3) is 1.00. The van der Waals surface area contributed by atoms with Crippen LogP contribution < -0.4 is 0 Å². The molecule has 1 nitrogen and oxygen atoms in total. The standard InChI is InChI=1S/C19H32O/c1-13-3-5-16(6-4-13)17(20)19-10-14-7-15(11-19)9-18(2,8-14)12-19/h13-17,20H,3-12H2,1-2H3. The van der Waals surface area contributed by atoms with Gasteiger partial charge in [-0.25, -0.2) is 0 Å². The van der Waals surface area contributed by atoms with Crippen molar-refractivity contribution in [1.82, 2.24) is 0 Å². The summed E-state index contributed by atoms with van der Waals surface area (Å²) >= 11 is 0. The SMILES string of the molecule is CC1CCC(C(O)C23CC4CC(CC(C)(C4)C2)C3)CC1. The molecule has 0 saturated heterocycles. The maximum absolute atomic E-state index is 11.2. The largest absolute Gasteiger partial charge is 0.392 e. The van der Waals surface area contributed by atoms with E-state index in [9.17, 15) is 5.11 Å². The van der Waals surface area contributed by atoms with Crippen LogP contribution in [-0.2, 0) is 0 Å². The highest BCUT2D eigenvalue weighted by molar-refractivity contribution is 5.09. The van der Waals surface area contributed by atoms with E-state index >= 15 is 0 Å². The van der Waals surface area contributed by atoms with Crippen molar-refractivity contribution >= 4 is 0 Å². The molecule has 5 aliphatic carbocycles. The van der Waals surface area contributed by atoms with Crippen LogP contribution in [0.15, 0.2) is 0 Å². The zero-order chi connectivity index (χ0) is 14.0. The van der Waals surface area contributed by atoms with Crippen LogP contribution in [0.3, 0.4) is 0 Å². The molecule has 3 unspecified atom stereocenters. The maximum Gasteiger partial charge on any atom is 0.0624 e. The average molecular weight is 276 g/mol. The van der Waals surface area contributed by atoms with E-state index in [1.165, 1.54) is 64.2 Å². The summed E-state index contributed by atoms with van der Waals surface area (Å²) in [6.07, 6.45) is 13.7. The number of aliphatic hydroxyl groups excluding tert-OH is 1. The van der Waals surface area contributed by atoms with Crippen LogP contribution in [0.5, 0.6) is 0 Å². The van der Waals surface area contributed by atoms with Crippen LogP contribution in [0, 0.1) is 34.5 Å². The first-order valence-corrected chi connectivity index (χ1v) is 9.16. The molecule has 0 spiro atoms. The Morgan fingerprint density at radius 1 is 0.950 bits per heavy atom. The van der Waals surface area contributed by atoms with Gasteiger partial charge < -0.3 is 5.11 Å². The molecule has 0 aliphatic heterocycles. The number of hydrogen-bond acceptors (Lipinski definition) is 1. The van der Waals surface area contributed by atoms with Crippen LogP contribution >= 0.6 is 0 Å². The molecule has 1 N–H and O–H groups in total. The molecule has 20 heavy (non-hydrogen) atoms. The topological polar surface area (TPSA) is 20.2 Å². The van der Waals surface area contributed by atoms with E-state index in [1.807, 2.05) is 0 Å². The lowest BCUT2D eigenvalue weighted by Gasteiger charge is -2.63. The summed E-state index contributed by atoms with van der Waals surface area (Å²) in [4.78, 5) is 0. The van der Waals surface area contributed by atoms with E-state index in [2.05, 4.69) is 13.8 Å². The lowest BCUT2D eigenvalue weighted by molar-refractivity contribution is -0.170. The monoisotopic (exact) mass is 276 g/mol. The molecule has 0 aromatic rings. The van der Waals surface area contributed by atoms with Gasteiger partial charge in [-0.2, -0.15) is 0 Å². The molecule has 1 heteroatoms. The summed E-state index contributed by atoms with van der Waals surface area (Å²) in [5.41, 5.74) is 0.900. The van der Waals surface area contributed by atoms with Crippen LogP contribution in [0.1, 0.15) is 78.1 Å². The summed E-state index contributed by atoms with van der Waals surface area (Å²) in [5.74, 6) is 3.40. The molecule has 0 heterocycles. The third kappa shape index (κ3) is 2.07. The number of rotatable bonds is 2. The molecule has 5 saturated carbocycles. The Labute approximate surface area is 124 Å². The second kappa shape index (κ2) is 4.48. The van der Waals surface area contributed by atoms with Gasteiger partial charge in [-0.3, -0.25) is 0 Å². The van der Waals surface area contributed by atoms with Crippen molar-refractivity contribution in [1.29, 1.82) is 0 Å². The summed E-state index contributed by atoms with van der Waals surface area (Å²) in [5, 5.41) is 11.2. The van der Waals surface area contributed by atoms with E-state index in [1.54, 1.807) is 0 Å². The Hall–Kier alpha value is -0.0400. The van der Waals surface area contributed by atoms with Crippen molar-refractivity contribution in [3.8, 4) is 0 Å². The maximum atomic E-state index is 11.2. The molecular weight excluding hydrogens is 244 g/mol. The van der Waals surface area contributed by atoms with Crippen molar-refractivity contribution in [2.24, 2.45) is 34.5 Å². The summed E-state index contributed by atoms with van der Waals surface area (Å²) in [6, 6.07) is 0. The van der Waals surface area contributed by atoms with Crippen molar-refractivity contribution in [3.63, 3.8) is 0 Å². The highest BCUT2D eigenvalue weighted by Gasteiger charge is 2.59. The fourth-order valence-corrected chi connectivity index (χ4v) is 7.25. The average Bonchev–Trinajstić information content (AvgIpc) is 2.36. The zero-order valence-electron chi connectivity index (χ0n) is 13.4. The van der Waals surface area contributed by atoms with Crippen molar-refractivity contribution in [2.75, 3.05) is 0 Å².